The molecule has 2 unspecified atom stereocenters. The number of rotatable bonds is 6. The lowest BCUT2D eigenvalue weighted by Gasteiger charge is -2.45. The third-order valence-electron chi connectivity index (χ3n) is 4.68. The van der Waals surface area contributed by atoms with Crippen LogP contribution in [0.2, 0.25) is 0 Å². The number of nitrogens with zero attached hydrogens (tertiary/aromatic N) is 4. The summed E-state index contributed by atoms with van der Waals surface area (Å²) in [6, 6.07) is 13.6. The minimum atomic E-state index is -0.646. The quantitative estimate of drug-likeness (QED) is 0.708. The second-order valence-corrected chi connectivity index (χ2v) is 7.80. The molecular weight excluding hydrogens is 334 g/mol. The van der Waals surface area contributed by atoms with Crippen LogP contribution in [0.5, 0.6) is 0 Å². The number of anilines is 1. The lowest BCUT2D eigenvalue weighted by Crippen LogP contribution is -2.54. The third kappa shape index (κ3) is 3.09. The Morgan fingerprint density at radius 2 is 2.08 bits per heavy atom. The molecule has 1 saturated carbocycles. The molecule has 2 atom stereocenters. The summed E-state index contributed by atoms with van der Waals surface area (Å²) in [5.41, 5.74) is 1.02. The van der Waals surface area contributed by atoms with Crippen molar-refractivity contribution in [3.63, 3.8) is 0 Å². The van der Waals surface area contributed by atoms with E-state index >= 15 is 0 Å². The first-order valence-electron chi connectivity index (χ1n) is 8.55. The van der Waals surface area contributed by atoms with Crippen LogP contribution in [0.4, 0.5) is 5.82 Å². The summed E-state index contributed by atoms with van der Waals surface area (Å²) in [7, 11) is 0. The molecule has 0 radical (unpaired) electrons. The van der Waals surface area contributed by atoms with Crippen molar-refractivity contribution >= 4 is 23.2 Å². The maximum absolute atomic E-state index is 10.7. The molecule has 1 aromatic carbocycles. The normalized spacial score (nSPS) is 22.7. The molecule has 3 aromatic rings. The monoisotopic (exact) mass is 355 g/mol. The van der Waals surface area contributed by atoms with Gasteiger partial charge in [0, 0.05) is 17.4 Å². The van der Waals surface area contributed by atoms with Gasteiger partial charge in [-0.15, -0.1) is 15.3 Å². The molecule has 0 aliphatic heterocycles. The lowest BCUT2D eigenvalue weighted by atomic mass is 9.79. The first-order chi connectivity index (χ1) is 12.2. The van der Waals surface area contributed by atoms with Gasteiger partial charge in [-0.25, -0.2) is 0 Å². The van der Waals surface area contributed by atoms with Gasteiger partial charge >= 0.3 is 0 Å². The van der Waals surface area contributed by atoms with E-state index < -0.39 is 5.60 Å². The summed E-state index contributed by atoms with van der Waals surface area (Å²) in [4.78, 5) is 0. The van der Waals surface area contributed by atoms with E-state index in [1.165, 1.54) is 0 Å². The van der Waals surface area contributed by atoms with Crippen molar-refractivity contribution in [2.75, 3.05) is 17.6 Å². The van der Waals surface area contributed by atoms with Gasteiger partial charge in [0.15, 0.2) is 11.5 Å². The van der Waals surface area contributed by atoms with Crippen LogP contribution < -0.4 is 5.32 Å². The zero-order valence-electron chi connectivity index (χ0n) is 14.1. The molecule has 1 fully saturated rings. The van der Waals surface area contributed by atoms with Gasteiger partial charge in [0.25, 0.3) is 0 Å². The Morgan fingerprint density at radius 1 is 1.24 bits per heavy atom. The highest BCUT2D eigenvalue weighted by Crippen LogP contribution is 2.41. The topological polar surface area (TPSA) is 75.3 Å². The van der Waals surface area contributed by atoms with Gasteiger partial charge in [-0.3, -0.25) is 0 Å². The second-order valence-electron chi connectivity index (χ2n) is 6.32. The summed E-state index contributed by atoms with van der Waals surface area (Å²) < 4.78 is 1.74. The van der Waals surface area contributed by atoms with Gasteiger partial charge in [-0.05, 0) is 30.7 Å². The van der Waals surface area contributed by atoms with E-state index in [4.69, 9.17) is 0 Å². The number of aliphatic hydroxyl groups is 1. The Labute approximate surface area is 150 Å². The van der Waals surface area contributed by atoms with Crippen molar-refractivity contribution in [3.8, 4) is 11.4 Å². The predicted molar refractivity (Wildman–Crippen MR) is 101 cm³/mol. The van der Waals surface area contributed by atoms with Crippen LogP contribution in [0, 0.1) is 0 Å². The molecule has 4 rings (SSSR count). The van der Waals surface area contributed by atoms with E-state index in [0.717, 1.165) is 24.2 Å². The second kappa shape index (κ2) is 6.65. The van der Waals surface area contributed by atoms with Crippen LogP contribution >= 0.6 is 11.8 Å². The molecule has 6 nitrogen and oxygen atoms in total. The summed E-state index contributed by atoms with van der Waals surface area (Å²) in [6.45, 7) is 2.63. The summed E-state index contributed by atoms with van der Waals surface area (Å²) in [6.07, 6.45) is 1.91. The lowest BCUT2D eigenvalue weighted by molar-refractivity contribution is -0.0120. The van der Waals surface area contributed by atoms with Crippen LogP contribution in [0.1, 0.15) is 19.8 Å². The van der Waals surface area contributed by atoms with Crippen molar-refractivity contribution in [2.24, 2.45) is 0 Å². The zero-order chi connectivity index (χ0) is 17.3. The molecule has 2 heterocycles. The van der Waals surface area contributed by atoms with Crippen LogP contribution in [0.15, 0.2) is 42.5 Å². The number of nitrogens with one attached hydrogen (secondary N) is 1. The molecule has 0 saturated heterocycles. The van der Waals surface area contributed by atoms with E-state index in [2.05, 4.69) is 27.5 Å². The van der Waals surface area contributed by atoms with Crippen molar-refractivity contribution < 1.29 is 5.11 Å². The SMILES string of the molecule is CCSC1CCC1(O)CNc1ccc2nnc(-c3ccccc3)n2n1. The highest BCUT2D eigenvalue weighted by Gasteiger charge is 2.45. The highest BCUT2D eigenvalue weighted by molar-refractivity contribution is 8.00. The highest BCUT2D eigenvalue weighted by atomic mass is 32.2. The van der Waals surface area contributed by atoms with Gasteiger partial charge in [-0.1, -0.05) is 37.3 Å². The van der Waals surface area contributed by atoms with Crippen LogP contribution in [0.25, 0.3) is 17.0 Å². The number of fused-ring (bicyclic) bond motifs is 1. The summed E-state index contributed by atoms with van der Waals surface area (Å²) in [5.74, 6) is 2.45. The van der Waals surface area contributed by atoms with Crippen LogP contribution in [0.3, 0.4) is 0 Å². The van der Waals surface area contributed by atoms with Crippen molar-refractivity contribution in [1.29, 1.82) is 0 Å². The summed E-state index contributed by atoms with van der Waals surface area (Å²) in [5, 5.41) is 27.4. The van der Waals surface area contributed by atoms with Gasteiger partial charge in [0.05, 0.1) is 5.60 Å². The fourth-order valence-corrected chi connectivity index (χ4v) is 4.33. The van der Waals surface area contributed by atoms with E-state index in [1.807, 2.05) is 54.2 Å². The molecule has 2 aromatic heterocycles. The van der Waals surface area contributed by atoms with Gasteiger partial charge in [0.1, 0.15) is 5.82 Å². The molecule has 0 amide bonds. The molecule has 1 aliphatic carbocycles. The largest absolute Gasteiger partial charge is 0.387 e. The van der Waals surface area contributed by atoms with Crippen molar-refractivity contribution in [3.05, 3.63) is 42.5 Å². The molecule has 0 bridgehead atoms. The molecule has 7 heteroatoms. The number of thioether (sulfide) groups is 1. The first kappa shape index (κ1) is 16.4. The number of benzene rings is 1. The molecule has 2 N–H and O–H groups in total. The summed E-state index contributed by atoms with van der Waals surface area (Å²) >= 11 is 1.83. The van der Waals surface area contributed by atoms with E-state index in [9.17, 15) is 5.11 Å². The Balaban J connectivity index is 1.55. The maximum atomic E-state index is 10.7. The van der Waals surface area contributed by atoms with Crippen LogP contribution in [-0.4, -0.2) is 48.1 Å². The van der Waals surface area contributed by atoms with Crippen LogP contribution in [-0.2, 0) is 0 Å². The predicted octanol–water partition coefficient (Wildman–Crippen LogP) is 2.85. The Bertz CT molecular complexity index is 868. The minimum Gasteiger partial charge on any atom is -0.387 e. The first-order valence-corrected chi connectivity index (χ1v) is 9.60. The number of hydrogen-bond donors (Lipinski definition) is 2. The fraction of sp³-hybridized carbons (Fsp3) is 0.389. The van der Waals surface area contributed by atoms with Gasteiger partial charge in [-0.2, -0.15) is 16.3 Å². The number of aromatic nitrogens is 4. The van der Waals surface area contributed by atoms with E-state index in [1.54, 1.807) is 4.52 Å². The van der Waals surface area contributed by atoms with Crippen molar-refractivity contribution in [2.45, 2.75) is 30.6 Å². The smallest absolute Gasteiger partial charge is 0.185 e. The number of hydrogen-bond acceptors (Lipinski definition) is 6. The Hall–Kier alpha value is -2.12. The standard InChI is InChI=1S/C18H21N5OS/c1-2-25-14-10-11-18(14,24)12-19-15-8-9-16-20-21-17(23(16)22-15)13-6-4-3-5-7-13/h3-9,14,24H,2,10-12H2,1H3,(H,19,22). The van der Waals surface area contributed by atoms with E-state index in [0.29, 0.717) is 29.1 Å². The van der Waals surface area contributed by atoms with Crippen molar-refractivity contribution in [1.82, 2.24) is 19.8 Å². The molecule has 130 valence electrons. The van der Waals surface area contributed by atoms with E-state index in [-0.39, 0.29) is 0 Å². The van der Waals surface area contributed by atoms with Gasteiger partial charge in [0.2, 0.25) is 0 Å². The average molecular weight is 355 g/mol. The molecule has 25 heavy (non-hydrogen) atoms. The Kier molecular flexibility index (Phi) is 4.35. The zero-order valence-corrected chi connectivity index (χ0v) is 14.9. The third-order valence-corrected chi connectivity index (χ3v) is 6.09. The maximum Gasteiger partial charge on any atom is 0.185 e. The van der Waals surface area contributed by atoms with Gasteiger partial charge < -0.3 is 10.4 Å². The minimum absolute atomic E-state index is 0.309. The molecule has 1 aliphatic rings. The fourth-order valence-electron chi connectivity index (χ4n) is 3.13. The molecular formula is C18H21N5OS. The average Bonchev–Trinajstić information content (AvgIpc) is 3.07. The Morgan fingerprint density at radius 3 is 2.80 bits per heavy atom. The molecule has 0 spiro atoms.